The normalized spacial score (nSPS) is 17.8. The number of carbonyl (C=O) groups excluding carboxylic acids is 1. The van der Waals surface area contributed by atoms with Crippen LogP contribution in [0.15, 0.2) is 0 Å². The highest BCUT2D eigenvalue weighted by Gasteiger charge is 2.87. The summed E-state index contributed by atoms with van der Waals surface area (Å²) in [5.74, 6) is -21.7. The summed E-state index contributed by atoms with van der Waals surface area (Å²) in [7, 11) is 0. The van der Waals surface area contributed by atoms with Gasteiger partial charge in [-0.2, -0.15) is 43.9 Å². The molecule has 0 fully saturated rings. The van der Waals surface area contributed by atoms with E-state index in [0.29, 0.717) is 0 Å². The molecule has 0 aromatic heterocycles. The lowest BCUT2D eigenvalue weighted by atomic mass is 9.87. The van der Waals surface area contributed by atoms with E-state index in [9.17, 15) is 53.1 Å². The van der Waals surface area contributed by atoms with Crippen molar-refractivity contribution in [2.24, 2.45) is 0 Å². The Balaban J connectivity index is 6.12. The molecule has 0 radical (unpaired) electrons. The van der Waals surface area contributed by atoms with Crippen molar-refractivity contribution in [2.75, 3.05) is 0 Å². The van der Waals surface area contributed by atoms with Gasteiger partial charge in [0.05, 0.1) is 0 Å². The van der Waals surface area contributed by atoms with Crippen LogP contribution in [0.3, 0.4) is 0 Å². The van der Waals surface area contributed by atoms with Gasteiger partial charge in [0.15, 0.2) is 0 Å². The Kier molecular flexibility index (Phi) is 4.46. The van der Waals surface area contributed by atoms with Gasteiger partial charge in [-0.1, -0.05) is 6.92 Å². The third-order valence-corrected chi connectivity index (χ3v) is 2.44. The predicted molar refractivity (Wildman–Crippen MR) is 41.1 cm³/mol. The fraction of sp³-hybridized carbons (Fsp3) is 0.875. The van der Waals surface area contributed by atoms with Gasteiger partial charge in [-0.15, -0.1) is 0 Å². The van der Waals surface area contributed by atoms with Crippen molar-refractivity contribution < 1.29 is 53.1 Å². The van der Waals surface area contributed by atoms with Crippen LogP contribution in [0.4, 0.5) is 48.3 Å². The van der Waals surface area contributed by atoms with Gasteiger partial charge >= 0.3 is 30.0 Å². The summed E-state index contributed by atoms with van der Waals surface area (Å²) in [4.78, 5) is 9.99. The lowest BCUT2D eigenvalue weighted by Crippen LogP contribution is -2.68. The Morgan fingerprint density at radius 1 is 0.750 bits per heavy atom. The molecule has 20 heavy (non-hydrogen) atoms. The Bertz CT molecular complexity index is 384. The second-order valence-electron chi connectivity index (χ2n) is 3.65. The molecule has 0 amide bonds. The molecule has 0 saturated heterocycles. The molecule has 1 unspecified atom stereocenters. The lowest BCUT2D eigenvalue weighted by Gasteiger charge is -2.38. The SMILES string of the molecule is CCC(F)(C(=O)F)C(F)(F)C(F)(F)C(F)(F)C(F)(F)F. The smallest absolute Gasteiger partial charge is 0.257 e. The maximum Gasteiger partial charge on any atom is 0.460 e. The van der Waals surface area contributed by atoms with Gasteiger partial charge in [-0.05, 0) is 6.42 Å². The summed E-state index contributed by atoms with van der Waals surface area (Å²) in [5.41, 5.74) is -5.52. The van der Waals surface area contributed by atoms with Crippen LogP contribution in [0.25, 0.3) is 0 Å². The van der Waals surface area contributed by atoms with Crippen LogP contribution in [0, 0.1) is 0 Å². The van der Waals surface area contributed by atoms with E-state index in [2.05, 4.69) is 0 Å². The van der Waals surface area contributed by atoms with Crippen molar-refractivity contribution in [3.63, 3.8) is 0 Å². The minimum atomic E-state index is -7.38. The third-order valence-electron chi connectivity index (χ3n) is 2.44. The van der Waals surface area contributed by atoms with E-state index in [4.69, 9.17) is 0 Å². The minimum Gasteiger partial charge on any atom is -0.257 e. The topological polar surface area (TPSA) is 17.1 Å². The summed E-state index contributed by atoms with van der Waals surface area (Å²) >= 11 is 0. The van der Waals surface area contributed by atoms with Gasteiger partial charge < -0.3 is 0 Å². The summed E-state index contributed by atoms with van der Waals surface area (Å²) in [6.45, 7) is 0.188. The Labute approximate surface area is 103 Å². The summed E-state index contributed by atoms with van der Waals surface area (Å²) in [6, 6.07) is -3.79. The molecule has 12 heteroatoms. The van der Waals surface area contributed by atoms with Gasteiger partial charge in [0, 0.05) is 0 Å². The molecule has 0 spiro atoms. The quantitative estimate of drug-likeness (QED) is 0.550. The number of alkyl halides is 10. The van der Waals surface area contributed by atoms with Crippen LogP contribution < -0.4 is 0 Å². The van der Waals surface area contributed by atoms with Crippen molar-refractivity contribution in [3.05, 3.63) is 0 Å². The Morgan fingerprint density at radius 3 is 1.30 bits per heavy atom. The Morgan fingerprint density at radius 2 is 1.10 bits per heavy atom. The lowest BCUT2D eigenvalue weighted by molar-refractivity contribution is -0.409. The molecular formula is C8H5F11O. The van der Waals surface area contributed by atoms with Crippen LogP contribution in [0.1, 0.15) is 13.3 Å². The standard InChI is InChI=1S/C8H5F11O/c1-2-4(10,3(9)20)5(11,12)6(13,14)7(15,16)8(17,18)19/h2H2,1H3. The fourth-order valence-corrected chi connectivity index (χ4v) is 1.11. The summed E-state index contributed by atoms with van der Waals surface area (Å²) in [6.07, 6.45) is -9.26. The molecule has 0 aliphatic carbocycles. The van der Waals surface area contributed by atoms with Crippen molar-refractivity contribution in [2.45, 2.75) is 43.0 Å². The molecule has 0 aromatic carbocycles. The Hall–Kier alpha value is -1.10. The predicted octanol–water partition coefficient (Wildman–Crippen LogP) is 4.07. The first kappa shape index (κ1) is 18.9. The highest BCUT2D eigenvalue weighted by atomic mass is 19.4. The number of carbonyl (C=O) groups is 1. The van der Waals surface area contributed by atoms with Gasteiger partial charge in [-0.25, -0.2) is 4.39 Å². The monoisotopic (exact) mass is 326 g/mol. The first-order valence-corrected chi connectivity index (χ1v) is 4.59. The maximum atomic E-state index is 13.2. The van der Waals surface area contributed by atoms with Gasteiger partial charge in [0.1, 0.15) is 0 Å². The average Bonchev–Trinajstić information content (AvgIpc) is 2.25. The zero-order valence-corrected chi connectivity index (χ0v) is 9.27. The largest absolute Gasteiger partial charge is 0.460 e. The molecule has 0 aliphatic rings. The average molecular weight is 326 g/mol. The zero-order valence-electron chi connectivity index (χ0n) is 9.27. The molecule has 1 atom stereocenters. The highest BCUT2D eigenvalue weighted by Crippen LogP contribution is 2.57. The van der Waals surface area contributed by atoms with Crippen LogP contribution in [-0.4, -0.2) is 35.6 Å². The van der Waals surface area contributed by atoms with E-state index >= 15 is 0 Å². The summed E-state index contributed by atoms with van der Waals surface area (Å²) < 4.78 is 137. The molecule has 120 valence electrons. The van der Waals surface area contributed by atoms with Crippen molar-refractivity contribution >= 4 is 6.04 Å². The molecule has 0 rings (SSSR count). The van der Waals surface area contributed by atoms with Crippen LogP contribution in [-0.2, 0) is 4.79 Å². The van der Waals surface area contributed by atoms with E-state index < -0.39 is 42.1 Å². The highest BCUT2D eigenvalue weighted by molar-refractivity contribution is 5.80. The molecule has 0 heterocycles. The van der Waals surface area contributed by atoms with E-state index in [0.717, 1.165) is 0 Å². The number of rotatable bonds is 5. The molecule has 0 bridgehead atoms. The van der Waals surface area contributed by atoms with Crippen molar-refractivity contribution in [1.82, 2.24) is 0 Å². The van der Waals surface area contributed by atoms with Crippen LogP contribution in [0.2, 0.25) is 0 Å². The molecule has 0 aliphatic heterocycles. The number of halogens is 11. The second kappa shape index (κ2) is 4.72. The molecule has 1 nitrogen and oxygen atoms in total. The maximum absolute atomic E-state index is 13.2. The van der Waals surface area contributed by atoms with Crippen LogP contribution >= 0.6 is 0 Å². The molecular weight excluding hydrogens is 321 g/mol. The van der Waals surface area contributed by atoms with Crippen molar-refractivity contribution in [1.29, 1.82) is 0 Å². The van der Waals surface area contributed by atoms with Crippen molar-refractivity contribution in [3.8, 4) is 0 Å². The number of hydrogen-bond acceptors (Lipinski definition) is 1. The molecule has 0 aromatic rings. The summed E-state index contributed by atoms with van der Waals surface area (Å²) in [5, 5.41) is 0. The first-order valence-electron chi connectivity index (χ1n) is 4.59. The van der Waals surface area contributed by atoms with Gasteiger partial charge in [-0.3, -0.25) is 4.79 Å². The first-order chi connectivity index (χ1) is 8.50. The second-order valence-corrected chi connectivity index (χ2v) is 3.65. The van der Waals surface area contributed by atoms with Gasteiger partial charge in [0.2, 0.25) is 0 Å². The third kappa shape index (κ3) is 2.22. The van der Waals surface area contributed by atoms with E-state index in [-0.39, 0.29) is 6.92 Å². The fourth-order valence-electron chi connectivity index (χ4n) is 1.11. The minimum absolute atomic E-state index is 0.188. The zero-order chi connectivity index (χ0) is 16.8. The van der Waals surface area contributed by atoms with Crippen LogP contribution in [0.5, 0.6) is 0 Å². The molecule has 0 N–H and O–H groups in total. The van der Waals surface area contributed by atoms with E-state index in [1.807, 2.05) is 0 Å². The number of hydrogen-bond donors (Lipinski definition) is 0. The van der Waals surface area contributed by atoms with E-state index in [1.54, 1.807) is 0 Å². The van der Waals surface area contributed by atoms with E-state index in [1.165, 1.54) is 0 Å². The molecule has 0 saturated carbocycles. The van der Waals surface area contributed by atoms with Gasteiger partial charge in [0.25, 0.3) is 5.67 Å².